The van der Waals surface area contributed by atoms with Gasteiger partial charge in [-0.25, -0.2) is 0 Å². The molecule has 1 aromatic rings. The predicted octanol–water partition coefficient (Wildman–Crippen LogP) is 1.81. The number of carbonyl (C=O) groups is 1. The number of rotatable bonds is 3. The molecule has 19 heavy (non-hydrogen) atoms. The van der Waals surface area contributed by atoms with Crippen molar-refractivity contribution in [3.05, 3.63) is 23.8 Å². The molecule has 0 bridgehead atoms. The van der Waals surface area contributed by atoms with E-state index in [0.29, 0.717) is 11.3 Å². The van der Waals surface area contributed by atoms with Crippen LogP contribution in [0.1, 0.15) is 38.1 Å². The van der Waals surface area contributed by atoms with E-state index in [1.54, 1.807) is 12.1 Å². The van der Waals surface area contributed by atoms with Gasteiger partial charge in [-0.1, -0.05) is 6.07 Å². The fraction of sp³-hybridized carbons (Fsp3) is 0.500. The predicted molar refractivity (Wildman–Crippen MR) is 74.1 cm³/mol. The largest absolute Gasteiger partial charge is 0.496 e. The maximum absolute atomic E-state index is 11.0. The van der Waals surface area contributed by atoms with Crippen molar-refractivity contribution in [3.63, 3.8) is 0 Å². The maximum atomic E-state index is 11.0. The highest BCUT2D eigenvalue weighted by Crippen LogP contribution is 2.36. The Morgan fingerprint density at radius 2 is 1.74 bits per heavy atom. The van der Waals surface area contributed by atoms with Crippen LogP contribution < -0.4 is 10.2 Å². The molecule has 1 fully saturated rings. The Kier molecular flexibility index (Phi) is 3.45. The summed E-state index contributed by atoms with van der Waals surface area (Å²) in [5.74, 6) is 0.551. The molecule has 1 saturated heterocycles. The van der Waals surface area contributed by atoms with Crippen LogP contribution in [-0.4, -0.2) is 31.7 Å². The lowest BCUT2D eigenvalue weighted by atomic mass is 9.78. The summed E-state index contributed by atoms with van der Waals surface area (Å²) < 4.78 is 17.0. The quantitative estimate of drug-likeness (QED) is 0.615. The lowest BCUT2D eigenvalue weighted by Crippen LogP contribution is -2.41. The topological polar surface area (TPSA) is 44.8 Å². The van der Waals surface area contributed by atoms with Gasteiger partial charge < -0.3 is 14.0 Å². The highest BCUT2D eigenvalue weighted by atomic mass is 16.7. The Morgan fingerprint density at radius 1 is 1.16 bits per heavy atom. The molecule has 0 aromatic heterocycles. The van der Waals surface area contributed by atoms with Gasteiger partial charge in [0, 0.05) is 0 Å². The molecule has 1 aliphatic rings. The average molecular weight is 262 g/mol. The van der Waals surface area contributed by atoms with Crippen molar-refractivity contribution in [2.45, 2.75) is 38.9 Å². The molecule has 0 N–H and O–H groups in total. The van der Waals surface area contributed by atoms with Gasteiger partial charge in [0.15, 0.2) is 6.29 Å². The van der Waals surface area contributed by atoms with Crippen molar-refractivity contribution in [1.82, 2.24) is 0 Å². The first-order valence-corrected chi connectivity index (χ1v) is 6.29. The van der Waals surface area contributed by atoms with E-state index in [0.717, 1.165) is 11.7 Å². The molecule has 0 atom stereocenters. The van der Waals surface area contributed by atoms with Crippen LogP contribution in [-0.2, 0) is 9.31 Å². The van der Waals surface area contributed by atoms with E-state index >= 15 is 0 Å². The number of methoxy groups -OCH3 is 1. The summed E-state index contributed by atoms with van der Waals surface area (Å²) in [7, 11) is 1.08. The van der Waals surface area contributed by atoms with Crippen molar-refractivity contribution >= 4 is 18.9 Å². The van der Waals surface area contributed by atoms with Gasteiger partial charge in [-0.05, 0) is 45.3 Å². The minimum atomic E-state index is -0.463. The van der Waals surface area contributed by atoms with Gasteiger partial charge in [0.05, 0.1) is 23.9 Å². The number of benzene rings is 1. The molecule has 102 valence electrons. The molecule has 2 rings (SSSR count). The Labute approximate surface area is 114 Å². The zero-order valence-corrected chi connectivity index (χ0v) is 12.0. The average Bonchev–Trinajstić information content (AvgIpc) is 2.57. The molecular weight excluding hydrogens is 243 g/mol. The molecule has 0 radical (unpaired) electrons. The summed E-state index contributed by atoms with van der Waals surface area (Å²) in [5.41, 5.74) is 0.536. The van der Waals surface area contributed by atoms with Gasteiger partial charge in [-0.3, -0.25) is 4.79 Å². The molecule has 4 nitrogen and oxygen atoms in total. The molecule has 0 spiro atoms. The Balaban J connectivity index is 2.32. The number of ether oxygens (including phenoxy) is 1. The van der Waals surface area contributed by atoms with Gasteiger partial charge in [-0.2, -0.15) is 0 Å². The third-order valence-corrected chi connectivity index (χ3v) is 3.91. The van der Waals surface area contributed by atoms with Gasteiger partial charge in [0.25, 0.3) is 0 Å². The third-order valence-electron chi connectivity index (χ3n) is 3.91. The van der Waals surface area contributed by atoms with Gasteiger partial charge in [-0.15, -0.1) is 0 Å². The molecule has 5 heteroatoms. The van der Waals surface area contributed by atoms with Gasteiger partial charge in [0.1, 0.15) is 5.75 Å². The number of hydrogen-bond acceptors (Lipinski definition) is 4. The Morgan fingerprint density at radius 3 is 2.21 bits per heavy atom. The second-order valence-electron chi connectivity index (χ2n) is 5.71. The second kappa shape index (κ2) is 4.65. The van der Waals surface area contributed by atoms with E-state index in [1.807, 2.05) is 33.8 Å². The Hall–Kier alpha value is -1.33. The van der Waals surface area contributed by atoms with Crippen molar-refractivity contribution < 1.29 is 18.8 Å². The lowest BCUT2D eigenvalue weighted by Gasteiger charge is -2.32. The standard InChI is InChI=1S/C14H19BO4/c1-13(2)14(3,4)19-15(18-13)11-6-7-12(17-5)10(8-11)9-16/h6-9H,1-5H3. The zero-order valence-electron chi connectivity index (χ0n) is 12.0. The number of hydrogen-bond donors (Lipinski definition) is 0. The summed E-state index contributed by atoms with van der Waals surface area (Å²) in [4.78, 5) is 11.0. The molecule has 0 amide bonds. The maximum Gasteiger partial charge on any atom is 0.494 e. The summed E-state index contributed by atoms with van der Waals surface area (Å²) in [6, 6.07) is 5.35. The van der Waals surface area contributed by atoms with Gasteiger partial charge >= 0.3 is 7.12 Å². The second-order valence-corrected chi connectivity index (χ2v) is 5.71. The van der Waals surface area contributed by atoms with E-state index in [4.69, 9.17) is 14.0 Å². The van der Waals surface area contributed by atoms with Crippen LogP contribution in [0.15, 0.2) is 18.2 Å². The van der Waals surface area contributed by atoms with Crippen LogP contribution in [0.25, 0.3) is 0 Å². The highest BCUT2D eigenvalue weighted by Gasteiger charge is 2.51. The lowest BCUT2D eigenvalue weighted by molar-refractivity contribution is 0.00578. The molecular formula is C14H19BO4. The third kappa shape index (κ3) is 2.40. The first-order valence-electron chi connectivity index (χ1n) is 6.29. The van der Waals surface area contributed by atoms with Crippen LogP contribution in [0.2, 0.25) is 0 Å². The van der Waals surface area contributed by atoms with E-state index in [2.05, 4.69) is 0 Å². The zero-order chi connectivity index (χ0) is 14.3. The van der Waals surface area contributed by atoms with Crippen LogP contribution in [0.3, 0.4) is 0 Å². The van der Waals surface area contributed by atoms with Crippen molar-refractivity contribution in [3.8, 4) is 5.75 Å². The SMILES string of the molecule is COc1ccc(B2OC(C)(C)C(C)(C)O2)cc1C=O. The summed E-state index contributed by atoms with van der Waals surface area (Å²) in [5, 5.41) is 0. The van der Waals surface area contributed by atoms with Crippen molar-refractivity contribution in [1.29, 1.82) is 0 Å². The summed E-state index contributed by atoms with van der Waals surface area (Å²) >= 11 is 0. The van der Waals surface area contributed by atoms with E-state index in [9.17, 15) is 4.79 Å². The molecule has 1 heterocycles. The van der Waals surface area contributed by atoms with Crippen LogP contribution >= 0.6 is 0 Å². The number of carbonyl (C=O) groups excluding carboxylic acids is 1. The fourth-order valence-electron chi connectivity index (χ4n) is 1.97. The van der Waals surface area contributed by atoms with Crippen LogP contribution in [0.4, 0.5) is 0 Å². The molecule has 0 unspecified atom stereocenters. The monoisotopic (exact) mass is 262 g/mol. The number of aldehydes is 1. The summed E-state index contributed by atoms with van der Waals surface area (Å²) in [6.07, 6.45) is 0.771. The van der Waals surface area contributed by atoms with Crippen LogP contribution in [0.5, 0.6) is 5.75 Å². The highest BCUT2D eigenvalue weighted by molar-refractivity contribution is 6.62. The molecule has 0 saturated carbocycles. The van der Waals surface area contributed by atoms with Crippen LogP contribution in [0, 0.1) is 0 Å². The minimum Gasteiger partial charge on any atom is -0.496 e. The normalized spacial score (nSPS) is 20.4. The summed E-state index contributed by atoms with van der Waals surface area (Å²) in [6.45, 7) is 7.99. The van der Waals surface area contributed by atoms with Crippen molar-refractivity contribution in [2.24, 2.45) is 0 Å². The molecule has 1 aliphatic heterocycles. The first kappa shape index (κ1) is 14.1. The Bertz CT molecular complexity index is 480. The van der Waals surface area contributed by atoms with E-state index < -0.39 is 7.12 Å². The molecule has 0 aliphatic carbocycles. The van der Waals surface area contributed by atoms with E-state index in [1.165, 1.54) is 7.11 Å². The fourth-order valence-corrected chi connectivity index (χ4v) is 1.97. The minimum absolute atomic E-state index is 0.390. The smallest absolute Gasteiger partial charge is 0.494 e. The molecule has 1 aromatic carbocycles. The first-order chi connectivity index (χ1) is 8.80. The van der Waals surface area contributed by atoms with Gasteiger partial charge in [0.2, 0.25) is 0 Å². The van der Waals surface area contributed by atoms with Crippen molar-refractivity contribution in [2.75, 3.05) is 7.11 Å². The van der Waals surface area contributed by atoms with E-state index in [-0.39, 0.29) is 11.2 Å².